The molecule has 0 saturated heterocycles. The third-order valence-corrected chi connectivity index (χ3v) is 3.85. The van der Waals surface area contributed by atoms with E-state index in [1.54, 1.807) is 6.07 Å². The van der Waals surface area contributed by atoms with E-state index < -0.39 is 0 Å². The summed E-state index contributed by atoms with van der Waals surface area (Å²) >= 11 is 0. The number of hydrogen-bond donors (Lipinski definition) is 1. The standard InChI is InChI=1S/C15H22N4/c1-3-4-12-5-7-13(8-6-12)18-15-17-11(2)9-14(10-16)19-15/h9,12-13H,3-8H2,1-2H3,(H,17,18,19). The van der Waals surface area contributed by atoms with Gasteiger partial charge < -0.3 is 5.32 Å². The van der Waals surface area contributed by atoms with Crippen LogP contribution in [0.2, 0.25) is 0 Å². The minimum absolute atomic E-state index is 0.440. The average Bonchev–Trinajstić information content (AvgIpc) is 2.40. The monoisotopic (exact) mass is 258 g/mol. The summed E-state index contributed by atoms with van der Waals surface area (Å²) < 4.78 is 0. The van der Waals surface area contributed by atoms with Crippen molar-refractivity contribution in [2.45, 2.75) is 58.4 Å². The number of nitrogens with one attached hydrogen (secondary N) is 1. The van der Waals surface area contributed by atoms with Crippen LogP contribution in [-0.2, 0) is 0 Å². The van der Waals surface area contributed by atoms with Crippen LogP contribution in [0.25, 0.3) is 0 Å². The molecule has 0 spiro atoms. The molecule has 0 bridgehead atoms. The van der Waals surface area contributed by atoms with Gasteiger partial charge in [0, 0.05) is 11.7 Å². The third kappa shape index (κ3) is 3.92. The average molecular weight is 258 g/mol. The molecular formula is C15H22N4. The Morgan fingerprint density at radius 1 is 1.32 bits per heavy atom. The lowest BCUT2D eigenvalue weighted by molar-refractivity contribution is 0.318. The number of nitriles is 1. The van der Waals surface area contributed by atoms with Crippen molar-refractivity contribution in [2.75, 3.05) is 5.32 Å². The minimum Gasteiger partial charge on any atom is -0.351 e. The van der Waals surface area contributed by atoms with Crippen LogP contribution in [-0.4, -0.2) is 16.0 Å². The highest BCUT2D eigenvalue weighted by Crippen LogP contribution is 2.28. The van der Waals surface area contributed by atoms with Gasteiger partial charge in [0.2, 0.25) is 5.95 Å². The summed E-state index contributed by atoms with van der Waals surface area (Å²) in [4.78, 5) is 8.58. The molecule has 1 aliphatic rings. The Hall–Kier alpha value is -1.63. The van der Waals surface area contributed by atoms with E-state index in [0.717, 1.165) is 11.6 Å². The fourth-order valence-electron chi connectivity index (χ4n) is 2.88. The van der Waals surface area contributed by atoms with E-state index >= 15 is 0 Å². The molecule has 1 N–H and O–H groups in total. The van der Waals surface area contributed by atoms with E-state index in [1.165, 1.54) is 38.5 Å². The molecule has 1 fully saturated rings. The lowest BCUT2D eigenvalue weighted by atomic mass is 9.83. The van der Waals surface area contributed by atoms with Gasteiger partial charge in [-0.05, 0) is 44.6 Å². The predicted molar refractivity (Wildman–Crippen MR) is 75.8 cm³/mol. The Balaban J connectivity index is 1.92. The minimum atomic E-state index is 0.440. The van der Waals surface area contributed by atoms with Crippen molar-refractivity contribution in [1.82, 2.24) is 9.97 Å². The van der Waals surface area contributed by atoms with Crippen LogP contribution >= 0.6 is 0 Å². The third-order valence-electron chi connectivity index (χ3n) is 3.85. The van der Waals surface area contributed by atoms with E-state index in [9.17, 15) is 0 Å². The first-order chi connectivity index (χ1) is 9.21. The van der Waals surface area contributed by atoms with Crippen LogP contribution < -0.4 is 5.32 Å². The first-order valence-corrected chi connectivity index (χ1v) is 7.23. The summed E-state index contributed by atoms with van der Waals surface area (Å²) in [6.45, 7) is 4.15. The van der Waals surface area contributed by atoms with Gasteiger partial charge in [0.15, 0.2) is 0 Å². The number of aromatic nitrogens is 2. The molecule has 4 nitrogen and oxygen atoms in total. The quantitative estimate of drug-likeness (QED) is 0.898. The van der Waals surface area contributed by atoms with Gasteiger partial charge in [0.05, 0.1) is 0 Å². The zero-order valence-corrected chi connectivity index (χ0v) is 11.8. The topological polar surface area (TPSA) is 61.6 Å². The number of hydrogen-bond acceptors (Lipinski definition) is 4. The first-order valence-electron chi connectivity index (χ1n) is 7.23. The first kappa shape index (κ1) is 13.8. The van der Waals surface area contributed by atoms with Gasteiger partial charge >= 0.3 is 0 Å². The summed E-state index contributed by atoms with van der Waals surface area (Å²) in [6.07, 6.45) is 7.60. The van der Waals surface area contributed by atoms with Crippen molar-refractivity contribution in [3.63, 3.8) is 0 Å². The fraction of sp³-hybridized carbons (Fsp3) is 0.667. The van der Waals surface area contributed by atoms with Crippen molar-refractivity contribution >= 4 is 5.95 Å². The summed E-state index contributed by atoms with van der Waals surface area (Å²) in [6, 6.07) is 4.25. The van der Waals surface area contributed by atoms with Gasteiger partial charge in [-0.2, -0.15) is 5.26 Å². The smallest absolute Gasteiger partial charge is 0.224 e. The SMILES string of the molecule is CCCC1CCC(Nc2nc(C)cc(C#N)n2)CC1. The van der Waals surface area contributed by atoms with E-state index in [1.807, 2.05) is 6.92 Å². The van der Waals surface area contributed by atoms with Crippen molar-refractivity contribution < 1.29 is 0 Å². The Labute approximate surface area is 115 Å². The maximum atomic E-state index is 8.92. The Morgan fingerprint density at radius 3 is 2.68 bits per heavy atom. The van der Waals surface area contributed by atoms with Gasteiger partial charge in [-0.1, -0.05) is 19.8 Å². The second-order valence-electron chi connectivity index (χ2n) is 5.48. The van der Waals surface area contributed by atoms with Crippen molar-refractivity contribution in [3.8, 4) is 6.07 Å². The largest absolute Gasteiger partial charge is 0.351 e. The van der Waals surface area contributed by atoms with Crippen LogP contribution in [0.15, 0.2) is 6.07 Å². The normalized spacial score (nSPS) is 22.8. The van der Waals surface area contributed by atoms with Gasteiger partial charge in [-0.15, -0.1) is 0 Å². The van der Waals surface area contributed by atoms with Crippen molar-refractivity contribution in [3.05, 3.63) is 17.5 Å². The van der Waals surface area contributed by atoms with Crippen LogP contribution in [0.5, 0.6) is 0 Å². The Kier molecular flexibility index (Phi) is 4.73. The van der Waals surface area contributed by atoms with Gasteiger partial charge in [-0.3, -0.25) is 0 Å². The van der Waals surface area contributed by atoms with E-state index in [4.69, 9.17) is 5.26 Å². The van der Waals surface area contributed by atoms with Gasteiger partial charge in [0.1, 0.15) is 11.8 Å². The predicted octanol–water partition coefficient (Wildman–Crippen LogP) is 3.43. The number of nitrogens with zero attached hydrogens (tertiary/aromatic N) is 3. The highest BCUT2D eigenvalue weighted by molar-refractivity contribution is 5.33. The van der Waals surface area contributed by atoms with Crippen LogP contribution in [0.3, 0.4) is 0 Å². The molecule has 2 rings (SSSR count). The lowest BCUT2D eigenvalue weighted by Crippen LogP contribution is -2.27. The summed E-state index contributed by atoms with van der Waals surface area (Å²) in [5.74, 6) is 1.51. The molecule has 1 aromatic heterocycles. The molecule has 4 heteroatoms. The zero-order valence-electron chi connectivity index (χ0n) is 11.8. The molecule has 0 amide bonds. The second kappa shape index (κ2) is 6.51. The molecule has 0 radical (unpaired) electrons. The summed E-state index contributed by atoms with van der Waals surface area (Å²) in [7, 11) is 0. The summed E-state index contributed by atoms with van der Waals surface area (Å²) in [5, 5.41) is 12.3. The fourth-order valence-corrected chi connectivity index (χ4v) is 2.88. The molecule has 0 unspecified atom stereocenters. The number of aryl methyl sites for hydroxylation is 1. The molecule has 1 aliphatic carbocycles. The highest BCUT2D eigenvalue weighted by Gasteiger charge is 2.21. The number of rotatable bonds is 4. The maximum absolute atomic E-state index is 8.92. The lowest BCUT2D eigenvalue weighted by Gasteiger charge is -2.28. The molecular weight excluding hydrogens is 236 g/mol. The maximum Gasteiger partial charge on any atom is 0.224 e. The van der Waals surface area contributed by atoms with E-state index in [-0.39, 0.29) is 0 Å². The molecule has 1 heterocycles. The van der Waals surface area contributed by atoms with Crippen molar-refractivity contribution in [1.29, 1.82) is 5.26 Å². The molecule has 0 aromatic carbocycles. The molecule has 0 aliphatic heterocycles. The Morgan fingerprint density at radius 2 is 2.05 bits per heavy atom. The molecule has 102 valence electrons. The van der Waals surface area contributed by atoms with E-state index in [0.29, 0.717) is 17.7 Å². The van der Waals surface area contributed by atoms with Crippen LogP contribution in [0.1, 0.15) is 56.8 Å². The zero-order chi connectivity index (χ0) is 13.7. The molecule has 1 aromatic rings. The van der Waals surface area contributed by atoms with Gasteiger partial charge in [0.25, 0.3) is 0 Å². The summed E-state index contributed by atoms with van der Waals surface area (Å²) in [5.41, 5.74) is 1.28. The van der Waals surface area contributed by atoms with Crippen LogP contribution in [0.4, 0.5) is 5.95 Å². The molecule has 0 atom stereocenters. The van der Waals surface area contributed by atoms with Crippen molar-refractivity contribution in [2.24, 2.45) is 5.92 Å². The second-order valence-corrected chi connectivity index (χ2v) is 5.48. The highest BCUT2D eigenvalue weighted by atomic mass is 15.1. The molecule has 1 saturated carbocycles. The number of anilines is 1. The Bertz CT molecular complexity index is 456. The van der Waals surface area contributed by atoms with Crippen LogP contribution in [0, 0.1) is 24.2 Å². The van der Waals surface area contributed by atoms with E-state index in [2.05, 4.69) is 28.3 Å². The van der Waals surface area contributed by atoms with Gasteiger partial charge in [-0.25, -0.2) is 9.97 Å². The molecule has 19 heavy (non-hydrogen) atoms.